The molecule has 11 heteroatoms. The van der Waals surface area contributed by atoms with Gasteiger partial charge in [0.1, 0.15) is 12.2 Å². The van der Waals surface area contributed by atoms with Gasteiger partial charge in [-0.2, -0.15) is 5.06 Å². The van der Waals surface area contributed by atoms with E-state index in [-0.39, 0.29) is 32.5 Å². The van der Waals surface area contributed by atoms with Crippen molar-refractivity contribution in [2.24, 2.45) is 10.9 Å². The summed E-state index contributed by atoms with van der Waals surface area (Å²) in [6, 6.07) is 11.4. The predicted octanol–water partition coefficient (Wildman–Crippen LogP) is 2.58. The monoisotopic (exact) mass is 422 g/mol. The van der Waals surface area contributed by atoms with Gasteiger partial charge in [0.05, 0.1) is 10.5 Å². The van der Waals surface area contributed by atoms with Crippen molar-refractivity contribution in [1.82, 2.24) is 10.2 Å². The number of nitrogens with zero attached hydrogens (tertiary/aromatic N) is 2. The van der Waals surface area contributed by atoms with Gasteiger partial charge in [-0.25, -0.2) is 18.4 Å². The van der Waals surface area contributed by atoms with Gasteiger partial charge >= 0.3 is 6.03 Å². The first-order valence-electron chi connectivity index (χ1n) is 7.81. The number of hydrogen-bond acceptors (Lipinski definition) is 6. The number of urea groups is 1. The molecule has 2 amide bonds. The Bertz CT molecular complexity index is 1130. The van der Waals surface area contributed by atoms with Crippen LogP contribution in [0.5, 0.6) is 0 Å². The number of hydroxylamine groups is 2. The molecule has 0 saturated heterocycles. The topological polar surface area (TPSA) is 153 Å². The lowest BCUT2D eigenvalue weighted by Gasteiger charge is -2.13. The standard InChI is InChI=1S/C17H15ClN4O5S/c18-11-7-5-10(6-8-11)16-15(13(27-21-16)9-22(24)17(19)23)12-3-1-2-4-14(12)28(20,25)26/h1-8,24H,9H2,(H2,19,23)(H2,20,25,26). The van der Waals surface area contributed by atoms with Crippen molar-refractivity contribution in [3.05, 3.63) is 59.3 Å². The molecular weight excluding hydrogens is 408 g/mol. The fourth-order valence-corrected chi connectivity index (χ4v) is 3.52. The molecule has 1 heterocycles. The van der Waals surface area contributed by atoms with Gasteiger partial charge in [-0.3, -0.25) is 5.21 Å². The minimum absolute atomic E-state index is 0.0161. The van der Waals surface area contributed by atoms with Crippen LogP contribution in [0.3, 0.4) is 0 Å². The number of hydrogen-bond donors (Lipinski definition) is 3. The second kappa shape index (κ2) is 7.60. The van der Waals surface area contributed by atoms with Crippen LogP contribution in [0.1, 0.15) is 5.76 Å². The maximum Gasteiger partial charge on any atom is 0.338 e. The summed E-state index contributed by atoms with van der Waals surface area (Å²) in [4.78, 5) is 11.0. The zero-order valence-electron chi connectivity index (χ0n) is 14.2. The largest absolute Gasteiger partial charge is 0.358 e. The number of nitrogens with two attached hydrogens (primary N) is 2. The van der Waals surface area contributed by atoms with Crippen molar-refractivity contribution in [3.63, 3.8) is 0 Å². The van der Waals surface area contributed by atoms with Gasteiger partial charge < -0.3 is 10.3 Å². The van der Waals surface area contributed by atoms with Gasteiger partial charge in [0.25, 0.3) is 0 Å². The summed E-state index contributed by atoms with van der Waals surface area (Å²) >= 11 is 5.92. The fraction of sp³-hybridized carbons (Fsp3) is 0.0588. The number of primary sulfonamides is 1. The van der Waals surface area contributed by atoms with Gasteiger partial charge in [0.2, 0.25) is 10.0 Å². The Hall–Kier alpha value is -2.92. The summed E-state index contributed by atoms with van der Waals surface area (Å²) in [5.74, 6) is 0.0161. The molecular formula is C17H15ClN4O5S. The molecule has 0 aliphatic heterocycles. The number of rotatable bonds is 5. The van der Waals surface area contributed by atoms with Crippen LogP contribution >= 0.6 is 11.6 Å². The minimum atomic E-state index is -4.09. The quantitative estimate of drug-likeness (QED) is 0.424. The highest BCUT2D eigenvalue weighted by Crippen LogP contribution is 2.38. The number of carbonyl (C=O) groups excluding carboxylic acids is 1. The molecule has 0 atom stereocenters. The third-order valence-electron chi connectivity index (χ3n) is 3.89. The molecule has 3 rings (SSSR count). The Morgan fingerprint density at radius 1 is 1.18 bits per heavy atom. The zero-order valence-corrected chi connectivity index (χ0v) is 15.8. The van der Waals surface area contributed by atoms with E-state index in [0.717, 1.165) is 0 Å². The van der Waals surface area contributed by atoms with Crippen molar-refractivity contribution in [2.75, 3.05) is 0 Å². The summed E-state index contributed by atoms with van der Waals surface area (Å²) in [5.41, 5.74) is 6.34. The molecule has 146 valence electrons. The van der Waals surface area contributed by atoms with E-state index in [4.69, 9.17) is 27.0 Å². The van der Waals surface area contributed by atoms with E-state index in [0.29, 0.717) is 10.6 Å². The van der Waals surface area contributed by atoms with Crippen LogP contribution in [0, 0.1) is 0 Å². The Morgan fingerprint density at radius 3 is 2.43 bits per heavy atom. The normalized spacial score (nSPS) is 11.4. The summed E-state index contributed by atoms with van der Waals surface area (Å²) in [6.07, 6.45) is 0. The van der Waals surface area contributed by atoms with Crippen LogP contribution in [0.4, 0.5) is 4.79 Å². The number of carbonyl (C=O) groups is 1. The highest BCUT2D eigenvalue weighted by Gasteiger charge is 2.26. The molecule has 0 saturated carbocycles. The number of sulfonamides is 1. The molecule has 2 aromatic carbocycles. The van der Waals surface area contributed by atoms with Crippen molar-refractivity contribution >= 4 is 27.7 Å². The number of halogens is 1. The van der Waals surface area contributed by atoms with Gasteiger partial charge in [-0.1, -0.05) is 47.1 Å². The van der Waals surface area contributed by atoms with Crippen LogP contribution in [-0.2, 0) is 16.6 Å². The second-order valence-electron chi connectivity index (χ2n) is 5.77. The second-order valence-corrected chi connectivity index (χ2v) is 7.74. The Morgan fingerprint density at radius 2 is 1.82 bits per heavy atom. The molecule has 28 heavy (non-hydrogen) atoms. The molecule has 1 aromatic heterocycles. The van der Waals surface area contributed by atoms with E-state index >= 15 is 0 Å². The minimum Gasteiger partial charge on any atom is -0.358 e. The predicted molar refractivity (Wildman–Crippen MR) is 101 cm³/mol. The van der Waals surface area contributed by atoms with Crippen LogP contribution in [0.15, 0.2) is 57.9 Å². The van der Waals surface area contributed by atoms with Gasteiger partial charge in [0.15, 0.2) is 5.76 Å². The van der Waals surface area contributed by atoms with Gasteiger partial charge in [0, 0.05) is 16.1 Å². The molecule has 0 radical (unpaired) electrons. The molecule has 3 aromatic rings. The molecule has 9 nitrogen and oxygen atoms in total. The summed E-state index contributed by atoms with van der Waals surface area (Å²) in [5, 5.41) is 19.7. The Kier molecular flexibility index (Phi) is 5.38. The first-order valence-corrected chi connectivity index (χ1v) is 9.73. The number of benzene rings is 2. The molecule has 0 aliphatic carbocycles. The van der Waals surface area contributed by atoms with Gasteiger partial charge in [-0.05, 0) is 18.2 Å². The van der Waals surface area contributed by atoms with Crippen LogP contribution in [0.25, 0.3) is 22.4 Å². The molecule has 0 bridgehead atoms. The van der Waals surface area contributed by atoms with Crippen molar-refractivity contribution in [1.29, 1.82) is 0 Å². The van der Waals surface area contributed by atoms with Crippen molar-refractivity contribution in [3.8, 4) is 22.4 Å². The molecule has 0 unspecified atom stereocenters. The molecule has 5 N–H and O–H groups in total. The van der Waals surface area contributed by atoms with Crippen molar-refractivity contribution in [2.45, 2.75) is 11.4 Å². The highest BCUT2D eigenvalue weighted by molar-refractivity contribution is 7.89. The lowest BCUT2D eigenvalue weighted by molar-refractivity contribution is -0.0521. The van der Waals surface area contributed by atoms with E-state index in [2.05, 4.69) is 5.16 Å². The third kappa shape index (κ3) is 3.99. The first-order chi connectivity index (χ1) is 13.2. The molecule has 0 aliphatic rings. The average Bonchev–Trinajstić information content (AvgIpc) is 3.05. The third-order valence-corrected chi connectivity index (χ3v) is 5.11. The SMILES string of the molecule is NC(=O)N(O)Cc1onc(-c2ccc(Cl)cc2)c1-c1ccccc1S(N)(=O)=O. The molecule has 0 fully saturated rings. The lowest BCUT2D eigenvalue weighted by Crippen LogP contribution is -2.32. The summed E-state index contributed by atoms with van der Waals surface area (Å²) in [7, 11) is -4.09. The average molecular weight is 423 g/mol. The molecule has 0 spiro atoms. The van der Waals surface area contributed by atoms with Crippen molar-refractivity contribution < 1.29 is 22.9 Å². The maximum atomic E-state index is 12.1. The van der Waals surface area contributed by atoms with E-state index in [9.17, 15) is 18.4 Å². The van der Waals surface area contributed by atoms with E-state index < -0.39 is 22.6 Å². The van der Waals surface area contributed by atoms with Gasteiger partial charge in [-0.15, -0.1) is 0 Å². The summed E-state index contributed by atoms with van der Waals surface area (Å²) in [6.45, 7) is -0.454. The van der Waals surface area contributed by atoms with E-state index in [1.807, 2.05) is 0 Å². The van der Waals surface area contributed by atoms with Crippen LogP contribution in [0.2, 0.25) is 5.02 Å². The number of primary amides is 1. The highest BCUT2D eigenvalue weighted by atomic mass is 35.5. The number of amides is 2. The fourth-order valence-electron chi connectivity index (χ4n) is 2.65. The number of aromatic nitrogens is 1. The lowest BCUT2D eigenvalue weighted by atomic mass is 9.99. The summed E-state index contributed by atoms with van der Waals surface area (Å²) < 4.78 is 29.4. The Balaban J connectivity index is 2.27. The Labute approximate surface area is 165 Å². The maximum absolute atomic E-state index is 12.1. The van der Waals surface area contributed by atoms with Crippen LogP contribution < -0.4 is 10.9 Å². The van der Waals surface area contributed by atoms with E-state index in [1.54, 1.807) is 30.3 Å². The first kappa shape index (κ1) is 19.8. The zero-order chi connectivity index (χ0) is 20.5. The van der Waals surface area contributed by atoms with Crippen LogP contribution in [-0.4, -0.2) is 29.9 Å². The van der Waals surface area contributed by atoms with E-state index in [1.165, 1.54) is 18.2 Å². The smallest absolute Gasteiger partial charge is 0.338 e.